The first-order valence-corrected chi connectivity index (χ1v) is 8.48. The number of rotatable bonds is 6. The Hall–Kier alpha value is -1.96. The molecule has 0 fully saturated rings. The molecular formula is C21H29NO. The van der Waals surface area contributed by atoms with Gasteiger partial charge in [-0.05, 0) is 54.2 Å². The van der Waals surface area contributed by atoms with Crippen LogP contribution in [0.25, 0.3) is 0 Å². The molecule has 2 heteroatoms. The largest absolute Gasteiger partial charge is 0.491 e. The SMILES string of the molecule is CCC(C)Oc1ccc(NCc2ccc(C(C)(C)C)cc2)cc1. The number of hydrogen-bond acceptors (Lipinski definition) is 2. The smallest absolute Gasteiger partial charge is 0.119 e. The van der Waals surface area contributed by atoms with Crippen LogP contribution in [0.15, 0.2) is 48.5 Å². The Bertz CT molecular complexity index is 593. The van der Waals surface area contributed by atoms with E-state index in [1.165, 1.54) is 11.1 Å². The van der Waals surface area contributed by atoms with E-state index < -0.39 is 0 Å². The summed E-state index contributed by atoms with van der Waals surface area (Å²) in [7, 11) is 0. The summed E-state index contributed by atoms with van der Waals surface area (Å²) in [6, 6.07) is 17.0. The quantitative estimate of drug-likeness (QED) is 0.731. The molecule has 0 radical (unpaired) electrons. The van der Waals surface area contributed by atoms with Gasteiger partial charge in [-0.3, -0.25) is 0 Å². The fourth-order valence-electron chi connectivity index (χ4n) is 2.29. The maximum absolute atomic E-state index is 5.80. The average Bonchev–Trinajstić information content (AvgIpc) is 2.53. The number of benzene rings is 2. The number of ether oxygens (including phenoxy) is 1. The minimum Gasteiger partial charge on any atom is -0.491 e. The van der Waals surface area contributed by atoms with E-state index in [1.807, 2.05) is 12.1 Å². The lowest BCUT2D eigenvalue weighted by atomic mass is 9.87. The van der Waals surface area contributed by atoms with E-state index in [0.29, 0.717) is 0 Å². The summed E-state index contributed by atoms with van der Waals surface area (Å²) < 4.78 is 5.80. The predicted molar refractivity (Wildman–Crippen MR) is 99.3 cm³/mol. The topological polar surface area (TPSA) is 21.3 Å². The van der Waals surface area contributed by atoms with Gasteiger partial charge in [0.15, 0.2) is 0 Å². The highest BCUT2D eigenvalue weighted by molar-refractivity contribution is 5.47. The van der Waals surface area contributed by atoms with Gasteiger partial charge in [0.2, 0.25) is 0 Å². The molecule has 0 aliphatic heterocycles. The van der Waals surface area contributed by atoms with Gasteiger partial charge in [-0.1, -0.05) is 52.0 Å². The summed E-state index contributed by atoms with van der Waals surface area (Å²) in [5.74, 6) is 0.930. The van der Waals surface area contributed by atoms with Gasteiger partial charge in [-0.2, -0.15) is 0 Å². The molecule has 2 aromatic carbocycles. The van der Waals surface area contributed by atoms with Crippen molar-refractivity contribution in [3.8, 4) is 5.75 Å². The van der Waals surface area contributed by atoms with Crippen molar-refractivity contribution in [2.24, 2.45) is 0 Å². The van der Waals surface area contributed by atoms with Crippen LogP contribution in [0.3, 0.4) is 0 Å². The zero-order chi connectivity index (χ0) is 16.9. The molecule has 0 aliphatic carbocycles. The molecule has 0 heterocycles. The molecule has 0 saturated carbocycles. The molecule has 0 saturated heterocycles. The van der Waals surface area contributed by atoms with Gasteiger partial charge in [-0.25, -0.2) is 0 Å². The summed E-state index contributed by atoms with van der Waals surface area (Å²) in [6.07, 6.45) is 1.28. The van der Waals surface area contributed by atoms with Crippen LogP contribution in [0.2, 0.25) is 0 Å². The Morgan fingerprint density at radius 2 is 1.57 bits per heavy atom. The Morgan fingerprint density at radius 3 is 2.09 bits per heavy atom. The Labute approximate surface area is 140 Å². The summed E-state index contributed by atoms with van der Waals surface area (Å²) >= 11 is 0. The van der Waals surface area contributed by atoms with E-state index in [0.717, 1.165) is 24.4 Å². The zero-order valence-corrected chi connectivity index (χ0v) is 15.0. The third-order valence-electron chi connectivity index (χ3n) is 4.08. The van der Waals surface area contributed by atoms with E-state index in [9.17, 15) is 0 Å². The first-order chi connectivity index (χ1) is 10.9. The maximum Gasteiger partial charge on any atom is 0.119 e. The van der Waals surface area contributed by atoms with Crippen molar-refractivity contribution in [2.45, 2.75) is 59.1 Å². The van der Waals surface area contributed by atoms with Gasteiger partial charge in [0.1, 0.15) is 5.75 Å². The van der Waals surface area contributed by atoms with Crippen molar-refractivity contribution in [3.05, 3.63) is 59.7 Å². The van der Waals surface area contributed by atoms with Crippen LogP contribution in [0.4, 0.5) is 5.69 Å². The van der Waals surface area contributed by atoms with E-state index in [2.05, 4.69) is 76.3 Å². The van der Waals surface area contributed by atoms with Gasteiger partial charge >= 0.3 is 0 Å². The van der Waals surface area contributed by atoms with Crippen LogP contribution >= 0.6 is 0 Å². The standard InChI is InChI=1S/C21H29NO/c1-6-16(2)23-20-13-11-19(12-14-20)22-15-17-7-9-18(10-8-17)21(3,4)5/h7-14,16,22H,6,15H2,1-5H3. The van der Waals surface area contributed by atoms with Crippen LogP contribution in [0, 0.1) is 0 Å². The van der Waals surface area contributed by atoms with Crippen LogP contribution in [-0.4, -0.2) is 6.10 Å². The molecule has 1 unspecified atom stereocenters. The highest BCUT2D eigenvalue weighted by atomic mass is 16.5. The number of anilines is 1. The second-order valence-electron chi connectivity index (χ2n) is 7.16. The van der Waals surface area contributed by atoms with Crippen molar-refractivity contribution in [1.29, 1.82) is 0 Å². The number of hydrogen-bond donors (Lipinski definition) is 1. The highest BCUT2D eigenvalue weighted by Crippen LogP contribution is 2.23. The average molecular weight is 311 g/mol. The predicted octanol–water partition coefficient (Wildman–Crippen LogP) is 5.77. The lowest BCUT2D eigenvalue weighted by Crippen LogP contribution is -2.11. The molecule has 0 aromatic heterocycles. The molecule has 1 atom stereocenters. The van der Waals surface area contributed by atoms with Crippen LogP contribution in [0.1, 0.15) is 52.2 Å². The number of nitrogens with one attached hydrogen (secondary N) is 1. The molecule has 2 nitrogen and oxygen atoms in total. The molecule has 1 N–H and O–H groups in total. The summed E-state index contributed by atoms with van der Waals surface area (Å²) in [6.45, 7) is 11.8. The third-order valence-corrected chi connectivity index (χ3v) is 4.08. The molecule has 2 aromatic rings. The molecule has 0 amide bonds. The van der Waals surface area contributed by atoms with Crippen molar-refractivity contribution in [1.82, 2.24) is 0 Å². The van der Waals surface area contributed by atoms with Crippen molar-refractivity contribution >= 4 is 5.69 Å². The van der Waals surface area contributed by atoms with Crippen molar-refractivity contribution in [2.75, 3.05) is 5.32 Å². The van der Waals surface area contributed by atoms with Gasteiger partial charge in [0.25, 0.3) is 0 Å². The summed E-state index contributed by atoms with van der Waals surface area (Å²) in [5.41, 5.74) is 3.98. The van der Waals surface area contributed by atoms with Crippen LogP contribution in [-0.2, 0) is 12.0 Å². The first kappa shape index (κ1) is 17.4. The summed E-state index contributed by atoms with van der Waals surface area (Å²) in [4.78, 5) is 0. The van der Waals surface area contributed by atoms with Gasteiger partial charge < -0.3 is 10.1 Å². The van der Waals surface area contributed by atoms with Gasteiger partial charge in [0, 0.05) is 12.2 Å². The monoisotopic (exact) mass is 311 g/mol. The molecular weight excluding hydrogens is 282 g/mol. The second-order valence-corrected chi connectivity index (χ2v) is 7.16. The molecule has 0 aliphatic rings. The Morgan fingerprint density at radius 1 is 0.957 bits per heavy atom. The van der Waals surface area contributed by atoms with Crippen LogP contribution in [0.5, 0.6) is 5.75 Å². The molecule has 124 valence electrons. The molecule has 0 spiro atoms. The minimum absolute atomic E-state index is 0.206. The van der Waals surface area contributed by atoms with E-state index in [4.69, 9.17) is 4.74 Å². The van der Waals surface area contributed by atoms with Gasteiger partial charge in [0.05, 0.1) is 6.10 Å². The molecule has 2 rings (SSSR count). The lowest BCUT2D eigenvalue weighted by Gasteiger charge is -2.19. The Kier molecular flexibility index (Phi) is 5.70. The first-order valence-electron chi connectivity index (χ1n) is 8.48. The fourth-order valence-corrected chi connectivity index (χ4v) is 2.29. The fraction of sp³-hybridized carbons (Fsp3) is 0.429. The van der Waals surface area contributed by atoms with Crippen molar-refractivity contribution in [3.63, 3.8) is 0 Å². The lowest BCUT2D eigenvalue weighted by molar-refractivity contribution is 0.217. The van der Waals surface area contributed by atoms with Crippen LogP contribution < -0.4 is 10.1 Å². The molecule has 0 bridgehead atoms. The normalized spacial score (nSPS) is 12.7. The van der Waals surface area contributed by atoms with Gasteiger partial charge in [-0.15, -0.1) is 0 Å². The van der Waals surface area contributed by atoms with E-state index in [-0.39, 0.29) is 11.5 Å². The minimum atomic E-state index is 0.206. The second kappa shape index (κ2) is 7.54. The molecule has 23 heavy (non-hydrogen) atoms. The third kappa shape index (κ3) is 5.31. The maximum atomic E-state index is 5.80. The highest BCUT2D eigenvalue weighted by Gasteiger charge is 2.12. The zero-order valence-electron chi connectivity index (χ0n) is 15.0. The Balaban J connectivity index is 1.90. The van der Waals surface area contributed by atoms with E-state index >= 15 is 0 Å². The summed E-state index contributed by atoms with van der Waals surface area (Å²) in [5, 5.41) is 3.46. The van der Waals surface area contributed by atoms with Crippen molar-refractivity contribution < 1.29 is 4.74 Å². The van der Waals surface area contributed by atoms with E-state index in [1.54, 1.807) is 0 Å².